The summed E-state index contributed by atoms with van der Waals surface area (Å²) in [5.41, 5.74) is 0. The van der Waals surface area contributed by atoms with Crippen LogP contribution < -0.4 is 15.4 Å². The number of rotatable bonds is 11. The van der Waals surface area contributed by atoms with Gasteiger partial charge in [-0.05, 0) is 25.0 Å². The Morgan fingerprint density at radius 1 is 0.964 bits per heavy atom. The van der Waals surface area contributed by atoms with E-state index in [-0.39, 0.29) is 12.3 Å². The summed E-state index contributed by atoms with van der Waals surface area (Å²) in [6.07, 6.45) is 4.00. The van der Waals surface area contributed by atoms with E-state index in [1.54, 1.807) is 11.3 Å². The maximum atomic E-state index is 12.0. The molecule has 0 saturated carbocycles. The third-order valence-electron chi connectivity index (χ3n) is 3.77. The number of aromatic nitrogens is 4. The van der Waals surface area contributed by atoms with Crippen LogP contribution in [-0.2, 0) is 17.6 Å². The van der Waals surface area contributed by atoms with Crippen LogP contribution in [0.25, 0.3) is 0 Å². The van der Waals surface area contributed by atoms with E-state index in [1.807, 2.05) is 37.4 Å². The number of carbonyl (C=O) groups is 1. The number of unbranched alkanes of at least 4 members (excludes halogenated alkanes) is 1. The number of amides is 1. The van der Waals surface area contributed by atoms with Crippen LogP contribution in [0.3, 0.4) is 0 Å². The van der Waals surface area contributed by atoms with Crippen LogP contribution in [0, 0.1) is 0 Å². The fourth-order valence-corrected chi connectivity index (χ4v) is 3.91. The first-order valence-electron chi connectivity index (χ1n) is 9.03. The van der Waals surface area contributed by atoms with Crippen molar-refractivity contribution in [3.05, 3.63) is 40.3 Å². The molecule has 2 aromatic heterocycles. The Balaban J connectivity index is 1.32. The highest BCUT2D eigenvalue weighted by molar-refractivity contribution is 7.15. The van der Waals surface area contributed by atoms with E-state index in [0.29, 0.717) is 11.7 Å². The Labute approximate surface area is 171 Å². The molecule has 1 amide bonds. The second-order valence-electron chi connectivity index (χ2n) is 5.92. The lowest BCUT2D eigenvalue weighted by atomic mass is 10.2. The highest BCUT2D eigenvalue weighted by atomic mass is 32.1. The lowest BCUT2D eigenvalue weighted by Gasteiger charge is -2.05. The summed E-state index contributed by atoms with van der Waals surface area (Å²) in [4.78, 5) is 12.0. The molecule has 0 spiro atoms. The summed E-state index contributed by atoms with van der Waals surface area (Å²) in [6, 6.07) is 9.43. The molecule has 0 aliphatic carbocycles. The van der Waals surface area contributed by atoms with E-state index in [2.05, 4.69) is 31.0 Å². The summed E-state index contributed by atoms with van der Waals surface area (Å²) in [5, 5.41) is 25.4. The Hall–Kier alpha value is -2.59. The number of benzene rings is 1. The molecule has 3 rings (SSSR count). The fraction of sp³-hybridized carbons (Fsp3) is 0.389. The van der Waals surface area contributed by atoms with Crippen molar-refractivity contribution in [3.8, 4) is 5.75 Å². The molecule has 0 aliphatic rings. The van der Waals surface area contributed by atoms with Gasteiger partial charge in [-0.3, -0.25) is 4.79 Å². The van der Waals surface area contributed by atoms with Crippen molar-refractivity contribution >= 4 is 38.8 Å². The zero-order valence-electron chi connectivity index (χ0n) is 15.6. The molecule has 10 heteroatoms. The number of carbonyl (C=O) groups excluding carboxylic acids is 1. The molecule has 0 unspecified atom stereocenters. The molecule has 0 aliphatic heterocycles. The smallest absolute Gasteiger partial charge is 0.229 e. The molecule has 8 nitrogen and oxygen atoms in total. The van der Waals surface area contributed by atoms with Gasteiger partial charge in [-0.15, -0.1) is 20.4 Å². The summed E-state index contributed by atoms with van der Waals surface area (Å²) in [6.45, 7) is 0.322. The van der Waals surface area contributed by atoms with E-state index in [9.17, 15) is 4.79 Å². The minimum atomic E-state index is -0.129. The van der Waals surface area contributed by atoms with Gasteiger partial charge in [-0.2, -0.15) is 0 Å². The van der Waals surface area contributed by atoms with Crippen LogP contribution >= 0.6 is 22.7 Å². The lowest BCUT2D eigenvalue weighted by molar-refractivity contribution is -0.116. The van der Waals surface area contributed by atoms with Gasteiger partial charge in [0.1, 0.15) is 15.8 Å². The van der Waals surface area contributed by atoms with Gasteiger partial charge in [-0.25, -0.2) is 0 Å². The number of para-hydroxylation sites is 1. The summed E-state index contributed by atoms with van der Waals surface area (Å²) < 4.78 is 5.52. The molecular formula is C18H22N6O2S2. The van der Waals surface area contributed by atoms with Gasteiger partial charge in [0.05, 0.1) is 13.0 Å². The first-order valence-corrected chi connectivity index (χ1v) is 10.7. The van der Waals surface area contributed by atoms with Crippen LogP contribution in [-0.4, -0.2) is 40.0 Å². The average Bonchev–Trinajstić information content (AvgIpc) is 3.35. The van der Waals surface area contributed by atoms with Crippen molar-refractivity contribution in [1.29, 1.82) is 0 Å². The van der Waals surface area contributed by atoms with Gasteiger partial charge in [0, 0.05) is 19.9 Å². The number of ether oxygens (including phenoxy) is 1. The van der Waals surface area contributed by atoms with Crippen LogP contribution in [0.5, 0.6) is 5.75 Å². The number of hydrogen-bond acceptors (Lipinski definition) is 9. The topological polar surface area (TPSA) is 102 Å². The van der Waals surface area contributed by atoms with Crippen LogP contribution in [0.15, 0.2) is 30.3 Å². The second-order valence-corrected chi connectivity index (χ2v) is 8.04. The number of aryl methyl sites for hydroxylation is 2. The van der Waals surface area contributed by atoms with Gasteiger partial charge in [-0.1, -0.05) is 40.9 Å². The monoisotopic (exact) mass is 418 g/mol. The van der Waals surface area contributed by atoms with E-state index in [0.717, 1.165) is 46.6 Å². The summed E-state index contributed by atoms with van der Waals surface area (Å²) in [7, 11) is 1.84. The SMILES string of the molecule is CNc1nnc(CCCCc2nnc(NC(=O)CCOc3ccccc3)s2)s1. The molecule has 0 atom stereocenters. The molecule has 28 heavy (non-hydrogen) atoms. The molecule has 148 valence electrons. The van der Waals surface area contributed by atoms with Crippen molar-refractivity contribution < 1.29 is 9.53 Å². The van der Waals surface area contributed by atoms with Crippen molar-refractivity contribution in [1.82, 2.24) is 20.4 Å². The average molecular weight is 419 g/mol. The van der Waals surface area contributed by atoms with Gasteiger partial charge in [0.15, 0.2) is 0 Å². The van der Waals surface area contributed by atoms with Gasteiger partial charge in [0.2, 0.25) is 16.2 Å². The van der Waals surface area contributed by atoms with Crippen molar-refractivity contribution in [2.45, 2.75) is 32.1 Å². The molecule has 0 fully saturated rings. The largest absolute Gasteiger partial charge is 0.493 e. The van der Waals surface area contributed by atoms with E-state index in [1.165, 1.54) is 11.3 Å². The van der Waals surface area contributed by atoms with Gasteiger partial charge < -0.3 is 15.4 Å². The Morgan fingerprint density at radius 3 is 2.25 bits per heavy atom. The molecule has 2 N–H and O–H groups in total. The van der Waals surface area contributed by atoms with E-state index >= 15 is 0 Å². The first-order chi connectivity index (χ1) is 13.7. The van der Waals surface area contributed by atoms with Gasteiger partial charge in [0.25, 0.3) is 0 Å². The second kappa shape index (κ2) is 10.7. The summed E-state index contributed by atoms with van der Waals surface area (Å²) >= 11 is 2.99. The zero-order valence-corrected chi connectivity index (χ0v) is 17.2. The fourth-order valence-electron chi connectivity index (χ4n) is 2.37. The van der Waals surface area contributed by atoms with Crippen LogP contribution in [0.1, 0.15) is 29.3 Å². The van der Waals surface area contributed by atoms with Crippen molar-refractivity contribution in [3.63, 3.8) is 0 Å². The Bertz CT molecular complexity index is 868. The Kier molecular flexibility index (Phi) is 7.68. The number of anilines is 2. The third kappa shape index (κ3) is 6.54. The maximum absolute atomic E-state index is 12.0. The number of nitrogens with one attached hydrogen (secondary N) is 2. The first kappa shape index (κ1) is 20.2. The normalized spacial score (nSPS) is 10.6. The zero-order chi connectivity index (χ0) is 19.6. The van der Waals surface area contributed by atoms with E-state index in [4.69, 9.17) is 4.74 Å². The molecular weight excluding hydrogens is 396 g/mol. The molecule has 0 saturated heterocycles. The number of hydrogen-bond donors (Lipinski definition) is 2. The van der Waals surface area contributed by atoms with Crippen molar-refractivity contribution in [2.75, 3.05) is 24.3 Å². The molecule has 0 bridgehead atoms. The minimum absolute atomic E-state index is 0.129. The van der Waals surface area contributed by atoms with Gasteiger partial charge >= 0.3 is 0 Å². The van der Waals surface area contributed by atoms with E-state index < -0.39 is 0 Å². The molecule has 1 aromatic carbocycles. The lowest BCUT2D eigenvalue weighted by Crippen LogP contribution is -2.15. The third-order valence-corrected chi connectivity index (χ3v) is 5.67. The summed E-state index contributed by atoms with van der Waals surface area (Å²) in [5.74, 6) is 0.624. The Morgan fingerprint density at radius 2 is 1.61 bits per heavy atom. The number of nitrogens with zero attached hydrogens (tertiary/aromatic N) is 4. The minimum Gasteiger partial charge on any atom is -0.493 e. The van der Waals surface area contributed by atoms with Crippen LogP contribution in [0.2, 0.25) is 0 Å². The standard InChI is InChI=1S/C18H22N6O2S2/c1-19-17-23-21-15(27-17)9-5-6-10-16-22-24-18(28-16)20-14(25)11-12-26-13-7-3-2-4-8-13/h2-4,7-8H,5-6,9-12H2,1H3,(H,19,23)(H,20,24,25). The predicted molar refractivity (Wildman–Crippen MR) is 111 cm³/mol. The molecule has 3 aromatic rings. The predicted octanol–water partition coefficient (Wildman–Crippen LogP) is 3.40. The van der Waals surface area contributed by atoms with Crippen molar-refractivity contribution in [2.24, 2.45) is 0 Å². The molecule has 2 heterocycles. The quantitative estimate of drug-likeness (QED) is 0.460. The molecule has 0 radical (unpaired) electrons. The highest BCUT2D eigenvalue weighted by Gasteiger charge is 2.09. The highest BCUT2D eigenvalue weighted by Crippen LogP contribution is 2.20. The maximum Gasteiger partial charge on any atom is 0.229 e. The van der Waals surface area contributed by atoms with Crippen LogP contribution in [0.4, 0.5) is 10.3 Å².